The Morgan fingerprint density at radius 3 is 2.24 bits per heavy atom. The molecule has 6 heteroatoms. The molecule has 0 aliphatic carbocycles. The number of Topliss-reactive ketones (excluding diaryl/α,β-unsaturated/α-hetero) is 1. The van der Waals surface area contributed by atoms with Gasteiger partial charge in [-0.15, -0.1) is 0 Å². The van der Waals surface area contributed by atoms with Gasteiger partial charge in [-0.05, 0) is 18.3 Å². The number of cyclic esters (lactones) is 1. The van der Waals surface area contributed by atoms with Crippen LogP contribution in [0.15, 0.2) is 11.3 Å². The summed E-state index contributed by atoms with van der Waals surface area (Å²) in [4.78, 5) is 36.4. The van der Waals surface area contributed by atoms with E-state index in [-0.39, 0.29) is 30.3 Å². The van der Waals surface area contributed by atoms with Crippen molar-refractivity contribution in [2.75, 3.05) is 7.11 Å². The fraction of sp³-hybridized carbons (Fsp3) is 0.667. The molecule has 1 unspecified atom stereocenters. The SMILES string of the molecule is COC(=O)C1(C(=O)CC(C)C)OC(=O)C(O)=C1CC(C)C. The van der Waals surface area contributed by atoms with E-state index in [1.54, 1.807) is 0 Å². The molecule has 1 N–H and O–H groups in total. The summed E-state index contributed by atoms with van der Waals surface area (Å²) < 4.78 is 9.67. The summed E-state index contributed by atoms with van der Waals surface area (Å²) in [6, 6.07) is 0. The molecule has 1 heterocycles. The quantitative estimate of drug-likeness (QED) is 0.595. The van der Waals surface area contributed by atoms with Gasteiger partial charge in [0, 0.05) is 12.0 Å². The number of carbonyl (C=O) groups excluding carboxylic acids is 3. The first-order valence-corrected chi connectivity index (χ1v) is 6.94. The summed E-state index contributed by atoms with van der Waals surface area (Å²) in [5, 5.41) is 9.91. The van der Waals surface area contributed by atoms with Crippen LogP contribution in [0.25, 0.3) is 0 Å². The van der Waals surface area contributed by atoms with Gasteiger partial charge in [-0.2, -0.15) is 0 Å². The fourth-order valence-corrected chi connectivity index (χ4v) is 2.35. The van der Waals surface area contributed by atoms with Crippen molar-refractivity contribution in [3.63, 3.8) is 0 Å². The van der Waals surface area contributed by atoms with Crippen LogP contribution in [0.5, 0.6) is 0 Å². The zero-order valence-electron chi connectivity index (χ0n) is 13.1. The molecule has 0 spiro atoms. The first-order valence-electron chi connectivity index (χ1n) is 6.94. The third-order valence-electron chi connectivity index (χ3n) is 3.22. The molecule has 0 saturated carbocycles. The van der Waals surface area contributed by atoms with Gasteiger partial charge in [-0.1, -0.05) is 27.7 Å². The molecule has 0 amide bonds. The second kappa shape index (κ2) is 6.28. The second-order valence-electron chi connectivity index (χ2n) is 6.01. The van der Waals surface area contributed by atoms with Crippen molar-refractivity contribution in [2.45, 2.75) is 46.1 Å². The summed E-state index contributed by atoms with van der Waals surface area (Å²) in [6.45, 7) is 7.31. The number of methoxy groups -OCH3 is 1. The number of carbonyl (C=O) groups is 3. The Hall–Kier alpha value is -1.85. The zero-order chi connectivity index (χ0) is 16.4. The average Bonchev–Trinajstić information content (AvgIpc) is 2.62. The largest absolute Gasteiger partial charge is 0.502 e. The van der Waals surface area contributed by atoms with Crippen molar-refractivity contribution < 1.29 is 29.0 Å². The number of aliphatic hydroxyl groups is 1. The molecule has 0 radical (unpaired) electrons. The Bertz CT molecular complexity index is 488. The van der Waals surface area contributed by atoms with Crippen LogP contribution in [0, 0.1) is 11.8 Å². The lowest BCUT2D eigenvalue weighted by Gasteiger charge is -2.27. The van der Waals surface area contributed by atoms with Gasteiger partial charge in [0.05, 0.1) is 7.11 Å². The van der Waals surface area contributed by atoms with Gasteiger partial charge >= 0.3 is 11.9 Å². The first-order chi connectivity index (χ1) is 9.66. The third kappa shape index (κ3) is 3.09. The van der Waals surface area contributed by atoms with Crippen molar-refractivity contribution >= 4 is 17.7 Å². The van der Waals surface area contributed by atoms with Gasteiger partial charge in [0.25, 0.3) is 5.60 Å². The molecule has 0 aromatic heterocycles. The number of esters is 2. The Balaban J connectivity index is 3.39. The molecular formula is C15H22O6. The van der Waals surface area contributed by atoms with E-state index in [1.165, 1.54) is 0 Å². The molecule has 21 heavy (non-hydrogen) atoms. The highest BCUT2D eigenvalue weighted by Gasteiger charge is 2.59. The van der Waals surface area contributed by atoms with E-state index in [2.05, 4.69) is 4.74 Å². The van der Waals surface area contributed by atoms with Crippen molar-refractivity contribution in [3.05, 3.63) is 11.3 Å². The summed E-state index contributed by atoms with van der Waals surface area (Å²) >= 11 is 0. The highest BCUT2D eigenvalue weighted by atomic mass is 16.6. The number of ether oxygens (including phenoxy) is 2. The van der Waals surface area contributed by atoms with E-state index in [0.29, 0.717) is 0 Å². The van der Waals surface area contributed by atoms with Crippen LogP contribution in [0.2, 0.25) is 0 Å². The number of hydrogen-bond donors (Lipinski definition) is 1. The first kappa shape index (κ1) is 17.2. The van der Waals surface area contributed by atoms with Crippen LogP contribution in [0.3, 0.4) is 0 Å². The molecule has 1 aliphatic rings. The Morgan fingerprint density at radius 1 is 1.24 bits per heavy atom. The molecule has 1 atom stereocenters. The Labute approximate surface area is 124 Å². The molecular weight excluding hydrogens is 276 g/mol. The van der Waals surface area contributed by atoms with Gasteiger partial charge < -0.3 is 14.6 Å². The van der Waals surface area contributed by atoms with E-state index >= 15 is 0 Å². The normalized spacial score (nSPS) is 22.0. The lowest BCUT2D eigenvalue weighted by atomic mass is 9.82. The van der Waals surface area contributed by atoms with Crippen LogP contribution < -0.4 is 0 Å². The van der Waals surface area contributed by atoms with Crippen LogP contribution in [-0.2, 0) is 23.9 Å². The van der Waals surface area contributed by atoms with Crippen LogP contribution in [0.1, 0.15) is 40.5 Å². The number of ketones is 1. The molecule has 1 aliphatic heterocycles. The summed E-state index contributed by atoms with van der Waals surface area (Å²) in [7, 11) is 1.11. The summed E-state index contributed by atoms with van der Waals surface area (Å²) in [6.07, 6.45) is 0.230. The maximum absolute atomic E-state index is 12.5. The van der Waals surface area contributed by atoms with Crippen LogP contribution in [-0.4, -0.2) is 35.5 Å². The number of hydrogen-bond acceptors (Lipinski definition) is 6. The fourth-order valence-electron chi connectivity index (χ4n) is 2.35. The lowest BCUT2D eigenvalue weighted by molar-refractivity contribution is -0.175. The minimum absolute atomic E-state index is 0.000000000000000222. The van der Waals surface area contributed by atoms with E-state index in [0.717, 1.165) is 7.11 Å². The van der Waals surface area contributed by atoms with Crippen molar-refractivity contribution in [1.82, 2.24) is 0 Å². The Morgan fingerprint density at radius 2 is 1.81 bits per heavy atom. The van der Waals surface area contributed by atoms with Gasteiger partial charge in [0.2, 0.25) is 5.76 Å². The van der Waals surface area contributed by atoms with Crippen molar-refractivity contribution in [2.24, 2.45) is 11.8 Å². The molecule has 6 nitrogen and oxygen atoms in total. The van der Waals surface area contributed by atoms with E-state index in [9.17, 15) is 19.5 Å². The standard InChI is InChI=1S/C15H22O6/c1-8(2)6-10-12(17)13(18)21-15(10,14(19)20-5)11(16)7-9(3)4/h8-9,17H,6-7H2,1-5H3. The number of aliphatic hydroxyl groups excluding tert-OH is 1. The van der Waals surface area contributed by atoms with Crippen LogP contribution in [0.4, 0.5) is 0 Å². The van der Waals surface area contributed by atoms with E-state index in [4.69, 9.17) is 4.74 Å². The van der Waals surface area contributed by atoms with Gasteiger partial charge in [0.15, 0.2) is 5.78 Å². The Kier molecular flexibility index (Phi) is 5.15. The molecule has 0 bridgehead atoms. The third-order valence-corrected chi connectivity index (χ3v) is 3.22. The predicted molar refractivity (Wildman–Crippen MR) is 74.4 cm³/mol. The average molecular weight is 298 g/mol. The summed E-state index contributed by atoms with van der Waals surface area (Å²) in [5.41, 5.74) is -2.13. The lowest BCUT2D eigenvalue weighted by Crippen LogP contribution is -2.50. The molecule has 0 aromatic rings. The highest BCUT2D eigenvalue weighted by molar-refractivity contribution is 6.16. The molecule has 1 rings (SSSR count). The van der Waals surface area contributed by atoms with Gasteiger partial charge in [-0.25, -0.2) is 9.59 Å². The highest BCUT2D eigenvalue weighted by Crippen LogP contribution is 2.39. The zero-order valence-corrected chi connectivity index (χ0v) is 13.1. The summed E-state index contributed by atoms with van der Waals surface area (Å²) in [5.74, 6) is -3.27. The van der Waals surface area contributed by atoms with E-state index < -0.39 is 29.1 Å². The number of rotatable bonds is 6. The maximum Gasteiger partial charge on any atom is 0.375 e. The van der Waals surface area contributed by atoms with Gasteiger partial charge in [0.1, 0.15) is 0 Å². The minimum atomic E-state index is -2.13. The van der Waals surface area contributed by atoms with E-state index in [1.807, 2.05) is 27.7 Å². The smallest absolute Gasteiger partial charge is 0.375 e. The van der Waals surface area contributed by atoms with Crippen LogP contribution >= 0.6 is 0 Å². The predicted octanol–water partition coefficient (Wildman–Crippen LogP) is 1.93. The molecule has 0 aromatic carbocycles. The van der Waals surface area contributed by atoms with Crippen molar-refractivity contribution in [3.8, 4) is 0 Å². The molecule has 118 valence electrons. The van der Waals surface area contributed by atoms with Crippen molar-refractivity contribution in [1.29, 1.82) is 0 Å². The maximum atomic E-state index is 12.5. The van der Waals surface area contributed by atoms with Gasteiger partial charge in [-0.3, -0.25) is 4.79 Å². The second-order valence-corrected chi connectivity index (χ2v) is 6.01. The minimum Gasteiger partial charge on any atom is -0.502 e. The molecule has 0 saturated heterocycles. The monoisotopic (exact) mass is 298 g/mol. The molecule has 0 fully saturated rings. The topological polar surface area (TPSA) is 89.9 Å².